The molecule has 1 N–H and O–H groups in total. The molecule has 1 saturated carbocycles. The van der Waals surface area contributed by atoms with Gasteiger partial charge in [-0.2, -0.15) is 0 Å². The summed E-state index contributed by atoms with van der Waals surface area (Å²) in [5.74, 6) is 0.662. The van der Waals surface area contributed by atoms with Crippen molar-refractivity contribution >= 4 is 17.7 Å². The molecule has 0 atom stereocenters. The fraction of sp³-hybridized carbons (Fsp3) is 0.727. The molecule has 6 nitrogen and oxygen atoms in total. The van der Waals surface area contributed by atoms with Gasteiger partial charge in [-0.25, -0.2) is 0 Å². The summed E-state index contributed by atoms with van der Waals surface area (Å²) in [6, 6.07) is 0.437. The second kappa shape index (κ2) is 6.19. The second-order valence-electron chi connectivity index (χ2n) is 4.51. The predicted octanol–water partition coefficient (Wildman–Crippen LogP) is 1.17. The number of nitrogens with zero attached hydrogens (tertiary/aromatic N) is 2. The molecule has 0 aromatic heterocycles. The quantitative estimate of drug-likeness (QED) is 0.613. The van der Waals surface area contributed by atoms with Gasteiger partial charge in [-0.1, -0.05) is 12.8 Å². The summed E-state index contributed by atoms with van der Waals surface area (Å²) in [6.45, 7) is 0.843. The summed E-state index contributed by atoms with van der Waals surface area (Å²) in [6.07, 6.45) is 5.61. The van der Waals surface area contributed by atoms with E-state index in [0.717, 1.165) is 24.8 Å². The minimum atomic E-state index is -0.502. The summed E-state index contributed by atoms with van der Waals surface area (Å²) in [5, 5.41) is 14.1. The van der Waals surface area contributed by atoms with Crippen molar-refractivity contribution in [3.05, 3.63) is 21.3 Å². The molecule has 1 amide bonds. The molecule has 2 fully saturated rings. The Hall–Kier alpha value is -1.08. The number of hydrogen-bond acceptors (Lipinski definition) is 5. The zero-order valence-corrected chi connectivity index (χ0v) is 10.9. The van der Waals surface area contributed by atoms with Gasteiger partial charge in [-0.3, -0.25) is 19.8 Å². The third-order valence-electron chi connectivity index (χ3n) is 3.24. The van der Waals surface area contributed by atoms with Crippen LogP contribution in [0.2, 0.25) is 0 Å². The summed E-state index contributed by atoms with van der Waals surface area (Å²) < 4.78 is 0. The summed E-state index contributed by atoms with van der Waals surface area (Å²) in [7, 11) is 0. The Balaban J connectivity index is 1.85. The highest BCUT2D eigenvalue weighted by atomic mass is 32.2. The molecule has 0 unspecified atom stereocenters. The zero-order chi connectivity index (χ0) is 13.0. The maximum absolute atomic E-state index is 12.0. The van der Waals surface area contributed by atoms with Gasteiger partial charge in [-0.05, 0) is 12.8 Å². The van der Waals surface area contributed by atoms with Crippen LogP contribution in [-0.2, 0) is 4.79 Å². The first-order chi connectivity index (χ1) is 8.66. The smallest absolute Gasteiger partial charge is 0.264 e. The molecular formula is C11H17N3O3S. The van der Waals surface area contributed by atoms with Gasteiger partial charge in [0.25, 0.3) is 6.20 Å². The highest BCUT2D eigenvalue weighted by Crippen LogP contribution is 2.27. The average molecular weight is 271 g/mol. The molecule has 7 heteroatoms. The lowest BCUT2D eigenvalue weighted by Crippen LogP contribution is -2.39. The molecule has 1 heterocycles. The van der Waals surface area contributed by atoms with Crippen LogP contribution in [0.1, 0.15) is 25.7 Å². The topological polar surface area (TPSA) is 75.5 Å². The van der Waals surface area contributed by atoms with Gasteiger partial charge in [0.15, 0.2) is 0 Å². The van der Waals surface area contributed by atoms with E-state index in [2.05, 4.69) is 5.32 Å². The maximum Gasteiger partial charge on any atom is 0.264 e. The Morgan fingerprint density at radius 1 is 1.56 bits per heavy atom. The van der Waals surface area contributed by atoms with Crippen LogP contribution in [0.25, 0.3) is 0 Å². The average Bonchev–Trinajstić information content (AvgIpc) is 2.95. The number of hydrogen-bond donors (Lipinski definition) is 1. The molecule has 0 aromatic rings. The van der Waals surface area contributed by atoms with Gasteiger partial charge in [-0.15, -0.1) is 11.8 Å². The summed E-state index contributed by atoms with van der Waals surface area (Å²) >= 11 is 1.36. The van der Waals surface area contributed by atoms with Crippen molar-refractivity contribution in [2.45, 2.75) is 31.7 Å². The number of nitrogens with one attached hydrogen (secondary N) is 1. The maximum atomic E-state index is 12.0. The molecule has 1 aliphatic heterocycles. The van der Waals surface area contributed by atoms with E-state index in [1.165, 1.54) is 29.5 Å². The van der Waals surface area contributed by atoms with E-state index in [9.17, 15) is 14.9 Å². The third kappa shape index (κ3) is 3.46. The van der Waals surface area contributed by atoms with Crippen molar-refractivity contribution in [2.24, 2.45) is 0 Å². The predicted molar refractivity (Wildman–Crippen MR) is 69.5 cm³/mol. The largest absolute Gasteiger partial charge is 0.306 e. The first-order valence-corrected chi connectivity index (χ1v) is 7.17. The molecule has 2 rings (SSSR count). The van der Waals surface area contributed by atoms with Gasteiger partial charge < -0.3 is 5.32 Å². The van der Waals surface area contributed by atoms with Crippen molar-refractivity contribution in [1.82, 2.24) is 10.2 Å². The molecule has 100 valence electrons. The van der Waals surface area contributed by atoms with Crippen LogP contribution in [0.4, 0.5) is 0 Å². The molecule has 1 aliphatic carbocycles. The van der Waals surface area contributed by atoms with E-state index in [1.54, 1.807) is 0 Å². The van der Waals surface area contributed by atoms with Crippen LogP contribution in [0.3, 0.4) is 0 Å². The standard InChI is InChI=1S/C11H17N3O3S/c15-10(7-12-9-3-1-2-4-9)13-5-6-18-11(13)8-14(16)17/h8-9,12H,1-7H2/b11-8-. The number of carbonyl (C=O) groups is 1. The summed E-state index contributed by atoms with van der Waals surface area (Å²) in [4.78, 5) is 23.4. The van der Waals surface area contributed by atoms with E-state index < -0.39 is 4.92 Å². The lowest BCUT2D eigenvalue weighted by molar-refractivity contribution is -0.403. The minimum absolute atomic E-state index is 0.0694. The van der Waals surface area contributed by atoms with Crippen LogP contribution in [0, 0.1) is 10.1 Å². The van der Waals surface area contributed by atoms with Crippen molar-refractivity contribution in [2.75, 3.05) is 18.8 Å². The Morgan fingerprint density at radius 3 is 2.94 bits per heavy atom. The Labute approximate surface area is 110 Å². The molecule has 1 saturated heterocycles. The molecule has 0 bridgehead atoms. The van der Waals surface area contributed by atoms with Crippen LogP contribution < -0.4 is 5.32 Å². The van der Waals surface area contributed by atoms with E-state index in [0.29, 0.717) is 17.6 Å². The molecule has 2 aliphatic rings. The van der Waals surface area contributed by atoms with E-state index in [4.69, 9.17) is 0 Å². The number of amides is 1. The van der Waals surface area contributed by atoms with Gasteiger partial charge in [0.1, 0.15) is 5.03 Å². The van der Waals surface area contributed by atoms with Crippen LogP contribution in [0.15, 0.2) is 11.2 Å². The first kappa shape index (κ1) is 13.4. The number of carbonyl (C=O) groups excluding carboxylic acids is 1. The Bertz CT molecular complexity index is 367. The highest BCUT2D eigenvalue weighted by Gasteiger charge is 2.27. The SMILES string of the molecule is O=C(CNC1CCCC1)N1CCS/C1=C\[N+](=O)[O-]. The number of thioether (sulfide) groups is 1. The third-order valence-corrected chi connectivity index (χ3v) is 4.25. The fourth-order valence-corrected chi connectivity index (χ4v) is 3.32. The minimum Gasteiger partial charge on any atom is -0.306 e. The molecular weight excluding hydrogens is 254 g/mol. The van der Waals surface area contributed by atoms with Gasteiger partial charge in [0, 0.05) is 18.3 Å². The van der Waals surface area contributed by atoms with Gasteiger partial charge in [0.2, 0.25) is 5.91 Å². The molecule has 0 aromatic carbocycles. The van der Waals surface area contributed by atoms with E-state index in [1.807, 2.05) is 0 Å². The monoisotopic (exact) mass is 271 g/mol. The van der Waals surface area contributed by atoms with Crippen LogP contribution >= 0.6 is 11.8 Å². The highest BCUT2D eigenvalue weighted by molar-refractivity contribution is 8.03. The number of nitro groups is 1. The number of rotatable bonds is 4. The lowest BCUT2D eigenvalue weighted by atomic mass is 10.2. The molecule has 18 heavy (non-hydrogen) atoms. The van der Waals surface area contributed by atoms with E-state index in [-0.39, 0.29) is 12.5 Å². The lowest BCUT2D eigenvalue weighted by Gasteiger charge is -2.17. The van der Waals surface area contributed by atoms with Crippen LogP contribution in [-0.4, -0.2) is 40.6 Å². The van der Waals surface area contributed by atoms with Crippen molar-refractivity contribution in [1.29, 1.82) is 0 Å². The van der Waals surface area contributed by atoms with Gasteiger partial charge in [0.05, 0.1) is 11.5 Å². The van der Waals surface area contributed by atoms with Crippen molar-refractivity contribution in [3.63, 3.8) is 0 Å². The second-order valence-corrected chi connectivity index (χ2v) is 5.62. The van der Waals surface area contributed by atoms with Gasteiger partial charge >= 0.3 is 0 Å². The fourth-order valence-electron chi connectivity index (χ4n) is 2.33. The normalized spacial score (nSPS) is 22.9. The Kier molecular flexibility index (Phi) is 4.60. The Morgan fingerprint density at radius 2 is 2.28 bits per heavy atom. The van der Waals surface area contributed by atoms with Crippen molar-refractivity contribution < 1.29 is 9.72 Å². The van der Waals surface area contributed by atoms with E-state index >= 15 is 0 Å². The zero-order valence-electron chi connectivity index (χ0n) is 10.1. The first-order valence-electron chi connectivity index (χ1n) is 6.18. The summed E-state index contributed by atoms with van der Waals surface area (Å²) in [5.41, 5.74) is 0. The van der Waals surface area contributed by atoms with Crippen LogP contribution in [0.5, 0.6) is 0 Å². The molecule has 0 radical (unpaired) electrons. The molecule has 0 spiro atoms. The van der Waals surface area contributed by atoms with Crippen molar-refractivity contribution in [3.8, 4) is 0 Å².